The van der Waals surface area contributed by atoms with Gasteiger partial charge in [-0.15, -0.1) is 11.3 Å². The van der Waals surface area contributed by atoms with Crippen LogP contribution in [0.4, 0.5) is 0 Å². The van der Waals surface area contributed by atoms with Gasteiger partial charge in [0, 0.05) is 16.5 Å². The van der Waals surface area contributed by atoms with E-state index >= 15 is 0 Å². The molecule has 1 amide bonds. The van der Waals surface area contributed by atoms with Crippen LogP contribution in [0.25, 0.3) is 0 Å². The van der Waals surface area contributed by atoms with Gasteiger partial charge in [0.25, 0.3) is 5.91 Å². The van der Waals surface area contributed by atoms with Crippen molar-refractivity contribution in [1.29, 1.82) is 0 Å². The van der Waals surface area contributed by atoms with Crippen molar-refractivity contribution in [3.8, 4) is 17.2 Å². The highest BCUT2D eigenvalue weighted by molar-refractivity contribution is 7.09. The number of rotatable bonds is 7. The summed E-state index contributed by atoms with van der Waals surface area (Å²) in [4.78, 5) is 15.9. The van der Waals surface area contributed by atoms with Crippen LogP contribution in [-0.2, 0) is 13.1 Å². The van der Waals surface area contributed by atoms with E-state index in [1.54, 1.807) is 35.5 Å². The van der Waals surface area contributed by atoms with Crippen LogP contribution in [-0.4, -0.2) is 30.1 Å². The fraction of sp³-hybridized carbons (Fsp3) is 0.190. The third-order valence-corrected chi connectivity index (χ3v) is 5.06. The number of methoxy groups -OCH3 is 2. The molecule has 0 bridgehead atoms. The second-order valence-electron chi connectivity index (χ2n) is 5.94. The van der Waals surface area contributed by atoms with Crippen LogP contribution in [0.3, 0.4) is 0 Å². The number of ether oxygens (including phenoxy) is 2. The molecule has 3 aromatic rings. The maximum Gasteiger partial charge on any atom is 0.258 e. The highest BCUT2D eigenvalue weighted by Crippen LogP contribution is 2.28. The van der Waals surface area contributed by atoms with Crippen LogP contribution in [0.15, 0.2) is 60.0 Å². The smallest absolute Gasteiger partial charge is 0.258 e. The Labute approximate surface area is 162 Å². The van der Waals surface area contributed by atoms with Crippen molar-refractivity contribution in [2.24, 2.45) is 0 Å². The lowest BCUT2D eigenvalue weighted by molar-refractivity contribution is 0.0727. The van der Waals surface area contributed by atoms with Gasteiger partial charge < -0.3 is 19.5 Å². The Kier molecular flexibility index (Phi) is 5.98. The number of nitrogens with zero attached hydrogens (tertiary/aromatic N) is 1. The summed E-state index contributed by atoms with van der Waals surface area (Å²) in [5.41, 5.74) is 1.14. The molecule has 140 valence electrons. The number of thiophene rings is 1. The van der Waals surface area contributed by atoms with Crippen molar-refractivity contribution in [2.75, 3.05) is 14.2 Å². The Balaban J connectivity index is 1.92. The minimum absolute atomic E-state index is 0.101. The Bertz CT molecular complexity index is 908. The topological polar surface area (TPSA) is 59.0 Å². The molecule has 0 unspecified atom stereocenters. The lowest BCUT2D eigenvalue weighted by Gasteiger charge is -2.24. The van der Waals surface area contributed by atoms with Crippen molar-refractivity contribution in [1.82, 2.24) is 4.90 Å². The first-order valence-electron chi connectivity index (χ1n) is 8.43. The highest BCUT2D eigenvalue weighted by Gasteiger charge is 2.21. The van der Waals surface area contributed by atoms with Gasteiger partial charge in [0.2, 0.25) is 0 Å². The van der Waals surface area contributed by atoms with E-state index in [-0.39, 0.29) is 17.2 Å². The minimum Gasteiger partial charge on any atom is -0.507 e. The van der Waals surface area contributed by atoms with Crippen LogP contribution in [0.1, 0.15) is 20.8 Å². The summed E-state index contributed by atoms with van der Waals surface area (Å²) in [6, 6.07) is 16.2. The molecule has 1 N–H and O–H groups in total. The Morgan fingerprint density at radius 1 is 1.04 bits per heavy atom. The summed E-state index contributed by atoms with van der Waals surface area (Å²) in [6.07, 6.45) is 0. The van der Waals surface area contributed by atoms with Crippen LogP contribution >= 0.6 is 11.3 Å². The van der Waals surface area contributed by atoms with E-state index < -0.39 is 0 Å². The Morgan fingerprint density at radius 2 is 1.85 bits per heavy atom. The predicted molar refractivity (Wildman–Crippen MR) is 106 cm³/mol. The molecule has 0 fully saturated rings. The van der Waals surface area contributed by atoms with E-state index in [0.29, 0.717) is 18.8 Å². The molecule has 27 heavy (non-hydrogen) atoms. The SMILES string of the molecule is COc1ccc(C(=O)N(Cc2cccs2)Cc2ccccc2OC)c(O)c1. The normalized spacial score (nSPS) is 10.4. The number of hydrogen-bond donors (Lipinski definition) is 1. The number of phenolic OH excluding ortho intramolecular Hbond substituents is 1. The second-order valence-corrected chi connectivity index (χ2v) is 6.97. The molecular formula is C21H21NO4S. The van der Waals surface area contributed by atoms with Crippen molar-refractivity contribution < 1.29 is 19.4 Å². The maximum absolute atomic E-state index is 13.2. The molecule has 1 heterocycles. The number of para-hydroxylation sites is 1. The molecule has 0 saturated heterocycles. The van der Waals surface area contributed by atoms with Gasteiger partial charge in [0.05, 0.1) is 32.9 Å². The first-order valence-corrected chi connectivity index (χ1v) is 9.31. The fourth-order valence-corrected chi connectivity index (χ4v) is 3.54. The van der Waals surface area contributed by atoms with Gasteiger partial charge in [0.15, 0.2) is 0 Å². The van der Waals surface area contributed by atoms with Crippen LogP contribution < -0.4 is 9.47 Å². The molecule has 0 aliphatic rings. The highest BCUT2D eigenvalue weighted by atomic mass is 32.1. The summed E-state index contributed by atoms with van der Waals surface area (Å²) in [6.45, 7) is 0.812. The predicted octanol–water partition coefficient (Wildman–Crippen LogP) is 4.31. The number of benzene rings is 2. The van der Waals surface area contributed by atoms with E-state index in [4.69, 9.17) is 9.47 Å². The molecule has 6 heteroatoms. The molecule has 0 saturated carbocycles. The second kappa shape index (κ2) is 8.60. The van der Waals surface area contributed by atoms with Gasteiger partial charge in [-0.25, -0.2) is 0 Å². The molecule has 5 nitrogen and oxygen atoms in total. The van der Waals surface area contributed by atoms with Gasteiger partial charge in [-0.05, 0) is 29.6 Å². The number of phenols is 1. The lowest BCUT2D eigenvalue weighted by Crippen LogP contribution is -2.30. The van der Waals surface area contributed by atoms with Crippen molar-refractivity contribution in [2.45, 2.75) is 13.1 Å². The standard InChI is InChI=1S/C21H21NO4S/c1-25-16-9-10-18(19(23)12-16)21(24)22(14-17-7-5-11-27-17)13-15-6-3-4-8-20(15)26-2/h3-12,23H,13-14H2,1-2H3. The summed E-state index contributed by atoms with van der Waals surface area (Å²) >= 11 is 1.59. The first kappa shape index (κ1) is 18.8. The third kappa shape index (κ3) is 4.41. The van der Waals surface area contributed by atoms with Gasteiger partial charge >= 0.3 is 0 Å². The van der Waals surface area contributed by atoms with E-state index in [1.807, 2.05) is 41.8 Å². The van der Waals surface area contributed by atoms with Crippen molar-refractivity contribution in [3.05, 3.63) is 76.0 Å². The summed E-state index contributed by atoms with van der Waals surface area (Å²) < 4.78 is 10.5. The zero-order chi connectivity index (χ0) is 19.2. The summed E-state index contributed by atoms with van der Waals surface area (Å²) in [7, 11) is 3.13. The van der Waals surface area contributed by atoms with Crippen molar-refractivity contribution >= 4 is 17.2 Å². The number of carbonyl (C=O) groups excluding carboxylic acids is 1. The molecular weight excluding hydrogens is 362 g/mol. The van der Waals surface area contributed by atoms with E-state index in [9.17, 15) is 9.90 Å². The summed E-state index contributed by atoms with van der Waals surface area (Å²) in [5, 5.41) is 12.3. The molecule has 0 spiro atoms. The van der Waals surface area contributed by atoms with Gasteiger partial charge in [-0.1, -0.05) is 24.3 Å². The molecule has 0 atom stereocenters. The van der Waals surface area contributed by atoms with E-state index in [2.05, 4.69) is 0 Å². The number of hydrogen-bond acceptors (Lipinski definition) is 5. The van der Waals surface area contributed by atoms with Gasteiger partial charge in [0.1, 0.15) is 17.2 Å². The number of aromatic hydroxyl groups is 1. The van der Waals surface area contributed by atoms with Crippen LogP contribution in [0.2, 0.25) is 0 Å². The van der Waals surface area contributed by atoms with Crippen LogP contribution in [0.5, 0.6) is 17.2 Å². The van der Waals surface area contributed by atoms with E-state index in [0.717, 1.165) is 16.2 Å². The Morgan fingerprint density at radius 3 is 2.52 bits per heavy atom. The maximum atomic E-state index is 13.2. The van der Waals surface area contributed by atoms with E-state index in [1.165, 1.54) is 13.2 Å². The number of amides is 1. The lowest BCUT2D eigenvalue weighted by atomic mass is 10.1. The molecule has 2 aromatic carbocycles. The zero-order valence-electron chi connectivity index (χ0n) is 15.2. The third-order valence-electron chi connectivity index (χ3n) is 4.20. The minimum atomic E-state index is -0.255. The average molecular weight is 383 g/mol. The molecule has 0 radical (unpaired) electrons. The van der Waals surface area contributed by atoms with Crippen molar-refractivity contribution in [3.63, 3.8) is 0 Å². The molecule has 3 rings (SSSR count). The Hall–Kier alpha value is -2.99. The van der Waals surface area contributed by atoms with Gasteiger partial charge in [-0.2, -0.15) is 0 Å². The zero-order valence-corrected chi connectivity index (χ0v) is 16.0. The molecule has 1 aromatic heterocycles. The average Bonchev–Trinajstić information content (AvgIpc) is 3.20. The molecule has 0 aliphatic carbocycles. The van der Waals surface area contributed by atoms with Crippen LogP contribution in [0, 0.1) is 0 Å². The monoisotopic (exact) mass is 383 g/mol. The number of carbonyl (C=O) groups is 1. The largest absolute Gasteiger partial charge is 0.507 e. The molecule has 0 aliphatic heterocycles. The fourth-order valence-electron chi connectivity index (χ4n) is 2.82. The first-order chi connectivity index (χ1) is 13.1. The van der Waals surface area contributed by atoms with Gasteiger partial charge in [-0.3, -0.25) is 4.79 Å². The summed E-state index contributed by atoms with van der Waals surface area (Å²) in [5.74, 6) is 0.865. The quantitative estimate of drug-likeness (QED) is 0.660.